The van der Waals surface area contributed by atoms with Gasteiger partial charge in [-0.3, -0.25) is 0 Å². The van der Waals surface area contributed by atoms with Gasteiger partial charge in [-0.2, -0.15) is 0 Å². The summed E-state index contributed by atoms with van der Waals surface area (Å²) in [5, 5.41) is 5.59. The largest absolute Gasteiger partial charge is 0.0620 e. The van der Waals surface area contributed by atoms with Crippen molar-refractivity contribution in [3.05, 3.63) is 94.0 Å². The third-order valence-electron chi connectivity index (χ3n) is 6.00. The third-order valence-corrected chi connectivity index (χ3v) is 6.00. The lowest BCUT2D eigenvalue weighted by molar-refractivity contribution is 0.959. The molecule has 1 aliphatic carbocycles. The minimum Gasteiger partial charge on any atom is -0.0620 e. The molecule has 0 radical (unpaired) electrons. The van der Waals surface area contributed by atoms with Gasteiger partial charge in [0.1, 0.15) is 0 Å². The molecular weight excluding hydrogens is 300 g/mol. The molecule has 25 heavy (non-hydrogen) atoms. The average Bonchev–Trinajstić information content (AvgIpc) is 2.66. The first-order valence-corrected chi connectivity index (χ1v) is 9.28. The van der Waals surface area contributed by atoms with Crippen molar-refractivity contribution in [3.8, 4) is 0 Å². The van der Waals surface area contributed by atoms with E-state index in [-0.39, 0.29) is 0 Å². The first-order valence-electron chi connectivity index (χ1n) is 9.28. The van der Waals surface area contributed by atoms with Gasteiger partial charge in [-0.15, -0.1) is 0 Å². The molecule has 0 unspecified atom stereocenters. The van der Waals surface area contributed by atoms with E-state index in [2.05, 4.69) is 74.5 Å². The molecule has 0 aromatic heterocycles. The minimum absolute atomic E-state index is 1.08. The van der Waals surface area contributed by atoms with Crippen molar-refractivity contribution in [1.29, 1.82) is 0 Å². The van der Waals surface area contributed by atoms with Gasteiger partial charge in [0.05, 0.1) is 0 Å². The predicted octanol–water partition coefficient (Wildman–Crippen LogP) is 6.36. The van der Waals surface area contributed by atoms with Gasteiger partial charge in [-0.1, -0.05) is 55.5 Å². The molecule has 122 valence electrons. The Bertz CT molecular complexity index is 1130. The van der Waals surface area contributed by atoms with Gasteiger partial charge in [-0.05, 0) is 93.2 Å². The lowest BCUT2D eigenvalue weighted by Crippen LogP contribution is -2.12. The van der Waals surface area contributed by atoms with Gasteiger partial charge in [0.15, 0.2) is 0 Å². The van der Waals surface area contributed by atoms with Crippen LogP contribution in [0.3, 0.4) is 0 Å². The Hall–Kier alpha value is -2.60. The Morgan fingerprint density at radius 1 is 0.720 bits per heavy atom. The Morgan fingerprint density at radius 2 is 1.28 bits per heavy atom. The molecule has 0 heteroatoms. The maximum Gasteiger partial charge on any atom is -0.00170 e. The van der Waals surface area contributed by atoms with Crippen LogP contribution in [0.1, 0.15) is 40.3 Å². The Balaban J connectivity index is 1.87. The lowest BCUT2D eigenvalue weighted by Gasteiger charge is -2.26. The van der Waals surface area contributed by atoms with Gasteiger partial charge in [0.25, 0.3) is 0 Å². The molecule has 0 atom stereocenters. The molecule has 0 saturated carbocycles. The average molecular weight is 322 g/mol. The van der Waals surface area contributed by atoms with Crippen molar-refractivity contribution < 1.29 is 0 Å². The molecule has 0 heterocycles. The lowest BCUT2D eigenvalue weighted by atomic mass is 9.78. The van der Waals surface area contributed by atoms with Crippen LogP contribution < -0.4 is 0 Å². The summed E-state index contributed by atoms with van der Waals surface area (Å²) in [6.07, 6.45) is 3.25. The molecule has 1 aliphatic rings. The molecule has 0 fully saturated rings. The van der Waals surface area contributed by atoms with E-state index in [4.69, 9.17) is 0 Å². The standard InChI is InChI=1S/C25H22/c1-3-21-24-14-19-10-6-4-8-17(19)12-22(24)16(2)23-13-18-9-5-7-11-20(18)15-25(21)23/h4-12,14H,3,13,15H2,1-2H3. The Morgan fingerprint density at radius 3 is 1.92 bits per heavy atom. The molecule has 0 amide bonds. The number of fused-ring (bicyclic) bond motifs is 4. The summed E-state index contributed by atoms with van der Waals surface area (Å²) in [6.45, 7) is 4.63. The van der Waals surface area contributed by atoms with Gasteiger partial charge >= 0.3 is 0 Å². The molecule has 0 saturated heterocycles. The number of hydrogen-bond donors (Lipinski definition) is 0. The first kappa shape index (κ1) is 14.7. The fourth-order valence-corrected chi connectivity index (χ4v) is 4.67. The molecule has 4 aromatic carbocycles. The van der Waals surface area contributed by atoms with E-state index in [9.17, 15) is 0 Å². The normalized spacial score (nSPS) is 13.0. The van der Waals surface area contributed by atoms with Crippen molar-refractivity contribution in [2.24, 2.45) is 0 Å². The summed E-state index contributed by atoms with van der Waals surface area (Å²) in [5.41, 5.74) is 9.18. The number of rotatable bonds is 1. The van der Waals surface area contributed by atoms with Gasteiger partial charge in [0, 0.05) is 0 Å². The first-order chi connectivity index (χ1) is 12.3. The zero-order valence-electron chi connectivity index (χ0n) is 14.9. The highest BCUT2D eigenvalue weighted by atomic mass is 14.3. The molecule has 0 bridgehead atoms. The highest BCUT2D eigenvalue weighted by Gasteiger charge is 2.22. The zero-order valence-corrected chi connectivity index (χ0v) is 14.9. The van der Waals surface area contributed by atoms with Gasteiger partial charge in [0.2, 0.25) is 0 Å². The van der Waals surface area contributed by atoms with E-state index < -0.39 is 0 Å². The van der Waals surface area contributed by atoms with Crippen molar-refractivity contribution in [2.75, 3.05) is 0 Å². The van der Waals surface area contributed by atoms with Crippen LogP contribution in [0.5, 0.6) is 0 Å². The molecule has 4 aromatic rings. The number of hydrogen-bond acceptors (Lipinski definition) is 0. The summed E-state index contributed by atoms with van der Waals surface area (Å²) in [6, 6.07) is 22.5. The highest BCUT2D eigenvalue weighted by Crippen LogP contribution is 2.38. The topological polar surface area (TPSA) is 0 Å². The Labute approximate surface area is 149 Å². The van der Waals surface area contributed by atoms with E-state index >= 15 is 0 Å². The summed E-state index contributed by atoms with van der Waals surface area (Å²) >= 11 is 0. The molecular formula is C25H22. The second-order valence-electron chi connectivity index (χ2n) is 7.28. The quantitative estimate of drug-likeness (QED) is 0.315. The van der Waals surface area contributed by atoms with Gasteiger partial charge < -0.3 is 0 Å². The third kappa shape index (κ3) is 2.14. The Kier molecular flexibility index (Phi) is 3.21. The van der Waals surface area contributed by atoms with Crippen molar-refractivity contribution in [2.45, 2.75) is 33.1 Å². The predicted molar refractivity (Wildman–Crippen MR) is 108 cm³/mol. The SMILES string of the molecule is CCc1c2c(c(C)c3cc4ccccc4cc13)Cc1ccccc1C2. The van der Waals surface area contributed by atoms with Crippen LogP contribution in [0.4, 0.5) is 0 Å². The number of aryl methyl sites for hydroxylation is 2. The van der Waals surface area contributed by atoms with Crippen LogP contribution in [0.25, 0.3) is 21.5 Å². The second-order valence-corrected chi connectivity index (χ2v) is 7.28. The summed E-state index contributed by atoms with van der Waals surface area (Å²) in [7, 11) is 0. The van der Waals surface area contributed by atoms with Crippen molar-refractivity contribution in [3.63, 3.8) is 0 Å². The monoisotopic (exact) mass is 322 g/mol. The van der Waals surface area contributed by atoms with E-state index in [1.54, 1.807) is 16.7 Å². The molecule has 5 rings (SSSR count). The smallest absolute Gasteiger partial charge is 0.00170 e. The molecule has 0 spiro atoms. The minimum atomic E-state index is 1.08. The van der Waals surface area contributed by atoms with Crippen LogP contribution in [0.2, 0.25) is 0 Å². The van der Waals surface area contributed by atoms with Crippen LogP contribution in [-0.4, -0.2) is 0 Å². The highest BCUT2D eigenvalue weighted by molar-refractivity contribution is 6.02. The van der Waals surface area contributed by atoms with E-state index in [1.165, 1.54) is 38.2 Å². The zero-order chi connectivity index (χ0) is 17.0. The fraction of sp³-hybridized carbons (Fsp3) is 0.200. The van der Waals surface area contributed by atoms with Crippen molar-refractivity contribution >= 4 is 21.5 Å². The fourth-order valence-electron chi connectivity index (χ4n) is 4.67. The van der Waals surface area contributed by atoms with Crippen molar-refractivity contribution in [1.82, 2.24) is 0 Å². The van der Waals surface area contributed by atoms with E-state index in [0.717, 1.165) is 19.3 Å². The summed E-state index contributed by atoms with van der Waals surface area (Å²) in [5.74, 6) is 0. The molecule has 0 N–H and O–H groups in total. The van der Waals surface area contributed by atoms with Crippen LogP contribution in [-0.2, 0) is 19.3 Å². The second kappa shape index (κ2) is 5.46. The van der Waals surface area contributed by atoms with Crippen LogP contribution >= 0.6 is 0 Å². The molecule has 0 aliphatic heterocycles. The molecule has 0 nitrogen and oxygen atoms in total. The van der Waals surface area contributed by atoms with E-state index in [1.807, 2.05) is 0 Å². The maximum atomic E-state index is 2.41. The van der Waals surface area contributed by atoms with E-state index in [0.29, 0.717) is 0 Å². The summed E-state index contributed by atoms with van der Waals surface area (Å²) < 4.78 is 0. The summed E-state index contributed by atoms with van der Waals surface area (Å²) in [4.78, 5) is 0. The van der Waals surface area contributed by atoms with Gasteiger partial charge in [-0.25, -0.2) is 0 Å². The maximum absolute atomic E-state index is 2.41. The number of benzene rings is 4. The van der Waals surface area contributed by atoms with Crippen LogP contribution in [0.15, 0.2) is 60.7 Å². The van der Waals surface area contributed by atoms with Crippen LogP contribution in [0, 0.1) is 6.92 Å².